The minimum Gasteiger partial charge on any atom is -0.467 e. The topological polar surface area (TPSA) is 80.3 Å². The van der Waals surface area contributed by atoms with Crippen molar-refractivity contribution in [2.75, 3.05) is 19.0 Å². The predicted octanol–water partition coefficient (Wildman–Crippen LogP) is 5.33. The molecule has 0 atom stereocenters. The Hall–Kier alpha value is -3.64. The van der Waals surface area contributed by atoms with Crippen LogP contribution in [0, 0.1) is 0 Å². The normalized spacial score (nSPS) is 22.2. The summed E-state index contributed by atoms with van der Waals surface area (Å²) in [6.45, 7) is 0.537. The maximum absolute atomic E-state index is 13.5. The zero-order chi connectivity index (χ0) is 25.9. The number of nitrogens with one attached hydrogen (secondary N) is 2. The fourth-order valence-corrected chi connectivity index (χ4v) is 6.00. The number of benzene rings is 2. The second-order valence-electron chi connectivity index (χ2n) is 9.80. The first-order valence-electron chi connectivity index (χ1n) is 12.6. The highest BCUT2D eigenvalue weighted by molar-refractivity contribution is 6.30. The fraction of sp³-hybridized carbons (Fsp3) is 0.300. The van der Waals surface area contributed by atoms with E-state index in [-0.39, 0.29) is 11.9 Å². The molecule has 2 aliphatic rings. The van der Waals surface area contributed by atoms with Crippen LogP contribution in [0.3, 0.4) is 0 Å². The lowest BCUT2D eigenvalue weighted by atomic mass is 9.62. The van der Waals surface area contributed by atoms with E-state index in [9.17, 15) is 9.59 Å². The lowest BCUT2D eigenvalue weighted by molar-refractivity contribution is -0.147. The lowest BCUT2D eigenvalue weighted by Gasteiger charge is -2.45. The first-order chi connectivity index (χ1) is 18.0. The van der Waals surface area contributed by atoms with Crippen LogP contribution < -0.4 is 10.6 Å². The van der Waals surface area contributed by atoms with E-state index in [2.05, 4.69) is 27.8 Å². The molecule has 1 heterocycles. The van der Waals surface area contributed by atoms with Crippen molar-refractivity contribution in [1.82, 2.24) is 10.3 Å². The van der Waals surface area contributed by atoms with Crippen molar-refractivity contribution in [2.24, 2.45) is 0 Å². The van der Waals surface area contributed by atoms with Crippen LogP contribution in [0.4, 0.5) is 5.69 Å². The highest BCUT2D eigenvalue weighted by Crippen LogP contribution is 2.53. The molecule has 1 fully saturated rings. The third-order valence-electron chi connectivity index (χ3n) is 7.73. The van der Waals surface area contributed by atoms with Crippen molar-refractivity contribution in [3.63, 3.8) is 0 Å². The number of carbonyl (C=O) groups excluding carboxylic acids is 2. The molecule has 0 aliphatic heterocycles. The molecule has 6 nitrogen and oxygen atoms in total. The van der Waals surface area contributed by atoms with Gasteiger partial charge in [-0.1, -0.05) is 41.9 Å². The summed E-state index contributed by atoms with van der Waals surface area (Å²) < 4.78 is 5.25. The van der Waals surface area contributed by atoms with E-state index in [0.717, 1.165) is 34.4 Å². The van der Waals surface area contributed by atoms with Crippen LogP contribution in [0.5, 0.6) is 0 Å². The lowest BCUT2D eigenvalue weighted by Crippen LogP contribution is -2.53. The Morgan fingerprint density at radius 1 is 1.00 bits per heavy atom. The van der Waals surface area contributed by atoms with Crippen LogP contribution in [0.1, 0.15) is 42.4 Å². The quantitative estimate of drug-likeness (QED) is 0.416. The van der Waals surface area contributed by atoms with Crippen molar-refractivity contribution in [1.29, 1.82) is 0 Å². The molecule has 0 bridgehead atoms. The molecule has 1 spiro atoms. The number of amides is 1. The van der Waals surface area contributed by atoms with E-state index >= 15 is 0 Å². The van der Waals surface area contributed by atoms with E-state index < -0.39 is 11.0 Å². The molecule has 190 valence electrons. The number of ether oxygens (including phenoxy) is 1. The number of pyridine rings is 1. The van der Waals surface area contributed by atoms with E-state index in [1.165, 1.54) is 7.11 Å². The Morgan fingerprint density at radius 2 is 1.76 bits per heavy atom. The molecule has 0 unspecified atom stereocenters. The fourth-order valence-electron chi connectivity index (χ4n) is 5.81. The van der Waals surface area contributed by atoms with Gasteiger partial charge in [-0.15, -0.1) is 0 Å². The van der Waals surface area contributed by atoms with Crippen molar-refractivity contribution in [2.45, 2.75) is 43.1 Å². The summed E-state index contributed by atoms with van der Waals surface area (Å²) in [5, 5.41) is 7.15. The van der Waals surface area contributed by atoms with Crippen LogP contribution in [0.2, 0.25) is 5.02 Å². The Kier molecular flexibility index (Phi) is 7.02. The maximum Gasteiger partial charge on any atom is 0.331 e. The summed E-state index contributed by atoms with van der Waals surface area (Å²) in [5.74, 6) is -0.362. The van der Waals surface area contributed by atoms with Gasteiger partial charge in [-0.3, -0.25) is 9.78 Å². The van der Waals surface area contributed by atoms with Gasteiger partial charge in [-0.25, -0.2) is 4.79 Å². The molecule has 1 amide bonds. The minimum absolute atomic E-state index is 0.0568. The van der Waals surface area contributed by atoms with Crippen LogP contribution in [0.25, 0.3) is 6.08 Å². The second-order valence-corrected chi connectivity index (χ2v) is 10.2. The maximum atomic E-state index is 13.5. The summed E-state index contributed by atoms with van der Waals surface area (Å²) >= 11 is 6.20. The number of anilines is 1. The van der Waals surface area contributed by atoms with Crippen molar-refractivity contribution in [3.8, 4) is 0 Å². The molecule has 3 aromatic rings. The van der Waals surface area contributed by atoms with Crippen LogP contribution in [-0.2, 0) is 26.2 Å². The molecule has 2 aliphatic carbocycles. The molecule has 0 radical (unpaired) electrons. The minimum atomic E-state index is -0.898. The molecular weight excluding hydrogens is 486 g/mol. The standard InChI is InChI=1S/C30H30ClN3O3/c1-37-28(36)30(34-24-7-4-6-23(31)20-24)14-12-29(13-15-30)25-8-3-2-5-22(25)19-26(29)27(35)33-18-11-21-9-16-32-17-10-21/h2-10,16-17,19-20,34H,11-15,18H2,1H3,(H,33,35). The molecule has 1 saturated carbocycles. The van der Waals surface area contributed by atoms with Gasteiger partial charge in [0.2, 0.25) is 5.91 Å². The summed E-state index contributed by atoms with van der Waals surface area (Å²) in [6.07, 6.45) is 8.57. The molecule has 7 heteroatoms. The Labute approximate surface area is 222 Å². The van der Waals surface area contributed by atoms with Gasteiger partial charge in [0.05, 0.1) is 7.11 Å². The summed E-state index contributed by atoms with van der Waals surface area (Å²) in [5.41, 5.74) is 3.53. The Balaban J connectivity index is 1.38. The Morgan fingerprint density at radius 3 is 2.49 bits per heavy atom. The third kappa shape index (κ3) is 4.86. The van der Waals surface area contributed by atoms with Crippen LogP contribution in [-0.4, -0.2) is 36.1 Å². The molecule has 2 aromatic carbocycles. The van der Waals surface area contributed by atoms with E-state index in [1.807, 2.05) is 48.5 Å². The van der Waals surface area contributed by atoms with Crippen molar-refractivity contribution in [3.05, 3.63) is 100 Å². The second kappa shape index (κ2) is 10.4. The zero-order valence-corrected chi connectivity index (χ0v) is 21.6. The van der Waals surface area contributed by atoms with Gasteiger partial charge in [0.15, 0.2) is 0 Å². The number of halogens is 1. The number of carbonyl (C=O) groups is 2. The highest BCUT2D eigenvalue weighted by atomic mass is 35.5. The molecule has 0 saturated heterocycles. The van der Waals surface area contributed by atoms with Gasteiger partial charge in [-0.05, 0) is 85.2 Å². The Bertz CT molecular complexity index is 1330. The smallest absolute Gasteiger partial charge is 0.331 e. The molecule has 37 heavy (non-hydrogen) atoms. The number of hydrogen-bond acceptors (Lipinski definition) is 5. The van der Waals surface area contributed by atoms with Crippen molar-refractivity contribution >= 4 is 35.2 Å². The first-order valence-corrected chi connectivity index (χ1v) is 12.9. The predicted molar refractivity (Wildman–Crippen MR) is 145 cm³/mol. The van der Waals surface area contributed by atoms with Gasteiger partial charge in [0.25, 0.3) is 0 Å². The van der Waals surface area contributed by atoms with Crippen LogP contribution in [0.15, 0.2) is 78.6 Å². The monoisotopic (exact) mass is 515 g/mol. The van der Waals surface area contributed by atoms with Gasteiger partial charge >= 0.3 is 5.97 Å². The number of methoxy groups -OCH3 is 1. The number of esters is 1. The molecule has 1 aromatic heterocycles. The van der Waals surface area contributed by atoms with Gasteiger partial charge in [0.1, 0.15) is 5.54 Å². The molecule has 5 rings (SSSR count). The van der Waals surface area contributed by atoms with Crippen LogP contribution >= 0.6 is 11.6 Å². The average Bonchev–Trinajstić information content (AvgIpc) is 3.24. The molecular formula is C30H30ClN3O3. The van der Waals surface area contributed by atoms with Crippen molar-refractivity contribution < 1.29 is 14.3 Å². The number of nitrogens with zero attached hydrogens (tertiary/aromatic N) is 1. The number of aromatic nitrogens is 1. The van der Waals surface area contributed by atoms with E-state index in [1.54, 1.807) is 18.5 Å². The number of fused-ring (bicyclic) bond motifs is 2. The van der Waals surface area contributed by atoms with E-state index in [4.69, 9.17) is 16.3 Å². The average molecular weight is 516 g/mol. The van der Waals surface area contributed by atoms with E-state index in [0.29, 0.717) is 37.3 Å². The highest BCUT2D eigenvalue weighted by Gasteiger charge is 2.53. The van der Waals surface area contributed by atoms with Gasteiger partial charge in [-0.2, -0.15) is 0 Å². The molecule has 2 N–H and O–H groups in total. The van der Waals surface area contributed by atoms with Gasteiger partial charge < -0.3 is 15.4 Å². The summed E-state index contributed by atoms with van der Waals surface area (Å²) in [4.78, 5) is 30.7. The first kappa shape index (κ1) is 25.0. The third-order valence-corrected chi connectivity index (χ3v) is 7.96. The number of rotatable bonds is 7. The largest absolute Gasteiger partial charge is 0.467 e. The van der Waals surface area contributed by atoms with Gasteiger partial charge in [0, 0.05) is 40.6 Å². The zero-order valence-electron chi connectivity index (χ0n) is 20.8. The summed E-state index contributed by atoms with van der Waals surface area (Å²) in [6, 6.07) is 19.5. The number of hydrogen-bond donors (Lipinski definition) is 2. The SMILES string of the molecule is COC(=O)C1(Nc2cccc(Cl)c2)CCC2(CC1)C(C(=O)NCCc1ccncc1)=Cc1ccccc12. The summed E-state index contributed by atoms with van der Waals surface area (Å²) in [7, 11) is 1.42.